The van der Waals surface area contributed by atoms with E-state index in [0.29, 0.717) is 23.0 Å². The van der Waals surface area contributed by atoms with Gasteiger partial charge in [-0.25, -0.2) is 4.79 Å². The second-order valence-corrected chi connectivity index (χ2v) is 9.18. The van der Waals surface area contributed by atoms with Crippen LogP contribution in [0.15, 0.2) is 35.5 Å². The van der Waals surface area contributed by atoms with Gasteiger partial charge in [-0.15, -0.1) is 11.6 Å². The monoisotopic (exact) mass is 451 g/mol. The molecule has 1 aromatic rings. The van der Waals surface area contributed by atoms with E-state index in [1.165, 1.54) is 0 Å². The van der Waals surface area contributed by atoms with Crippen LogP contribution in [-0.2, 0) is 14.3 Å². The van der Waals surface area contributed by atoms with Crippen molar-refractivity contribution < 1.29 is 14.3 Å². The average molecular weight is 452 g/mol. The second kappa shape index (κ2) is 9.79. The molecule has 1 atom stereocenters. The Kier molecular flexibility index (Phi) is 7.88. The zero-order chi connectivity index (χ0) is 22.6. The largest absolute Gasteiger partial charge is 0.462 e. The number of carbonyl (C=O) groups excluding carboxylic acids is 2. The molecule has 1 aliphatic rings. The van der Waals surface area contributed by atoms with Crippen molar-refractivity contribution >= 4 is 46.5 Å². The van der Waals surface area contributed by atoms with Gasteiger partial charge in [0.1, 0.15) is 0 Å². The van der Waals surface area contributed by atoms with Gasteiger partial charge in [0.25, 0.3) is 0 Å². The number of alkyl halides is 1. The summed E-state index contributed by atoms with van der Waals surface area (Å²) >= 11 is 11.3. The first kappa shape index (κ1) is 24.2. The lowest BCUT2D eigenvalue weighted by molar-refractivity contribution is -0.140. The Bertz CT molecular complexity index is 850. The maximum atomic E-state index is 12.8. The molecule has 0 bridgehead atoms. The number of amides is 1. The van der Waals surface area contributed by atoms with Crippen LogP contribution in [0.3, 0.4) is 0 Å². The Balaban J connectivity index is 2.30. The second-order valence-electron chi connectivity index (χ2n) is 8.53. The molecule has 0 saturated heterocycles. The molecule has 1 aliphatic heterocycles. The summed E-state index contributed by atoms with van der Waals surface area (Å²) in [4.78, 5) is 27.0. The van der Waals surface area contributed by atoms with Gasteiger partial charge >= 0.3 is 5.97 Å². The molecule has 30 heavy (non-hydrogen) atoms. The fraction of sp³-hybridized carbons (Fsp3) is 0.500. The number of thiocarbonyl (C=S) groups is 1. The van der Waals surface area contributed by atoms with Crippen LogP contribution >= 0.6 is 23.8 Å². The smallest absolute Gasteiger partial charge is 0.338 e. The van der Waals surface area contributed by atoms with E-state index in [4.69, 9.17) is 28.6 Å². The third-order valence-electron chi connectivity index (χ3n) is 4.97. The van der Waals surface area contributed by atoms with Crippen LogP contribution in [0.4, 0.5) is 5.69 Å². The van der Waals surface area contributed by atoms with Gasteiger partial charge in [0.05, 0.1) is 23.6 Å². The highest BCUT2D eigenvalue weighted by molar-refractivity contribution is 7.80. The summed E-state index contributed by atoms with van der Waals surface area (Å²) in [7, 11) is 1.81. The van der Waals surface area contributed by atoms with Crippen molar-refractivity contribution in [2.24, 2.45) is 11.3 Å². The van der Waals surface area contributed by atoms with E-state index < -0.39 is 11.5 Å². The average Bonchev–Trinajstić information content (AvgIpc) is 2.70. The van der Waals surface area contributed by atoms with Crippen LogP contribution in [0.1, 0.15) is 46.2 Å². The van der Waals surface area contributed by atoms with Crippen molar-refractivity contribution in [2.45, 2.75) is 40.7 Å². The predicted octanol–water partition coefficient (Wildman–Crippen LogP) is 4.22. The number of benzene rings is 1. The minimum absolute atomic E-state index is 0.155. The van der Waals surface area contributed by atoms with Crippen LogP contribution in [0, 0.1) is 11.3 Å². The lowest BCUT2D eigenvalue weighted by Crippen LogP contribution is -2.46. The van der Waals surface area contributed by atoms with E-state index in [1.807, 2.05) is 40.0 Å². The molecule has 1 heterocycles. The van der Waals surface area contributed by atoms with E-state index in [-0.39, 0.29) is 23.7 Å². The third kappa shape index (κ3) is 5.52. The van der Waals surface area contributed by atoms with Gasteiger partial charge in [0, 0.05) is 24.3 Å². The summed E-state index contributed by atoms with van der Waals surface area (Å²) < 4.78 is 5.50. The van der Waals surface area contributed by atoms with Crippen molar-refractivity contribution in [3.05, 3.63) is 41.1 Å². The molecule has 8 heteroatoms. The standard InChI is InChI=1S/C22H30ClN3O3S/c1-13(2)11-29-19(27)17-14(3)26(6)21(30)25-18(17)15-7-9-16(10-8-15)24-20(28)22(4,5)12-23/h7-10,13,18H,11-12H2,1-6H3,(H,24,28)(H,25,30). The summed E-state index contributed by atoms with van der Waals surface area (Å²) in [6, 6.07) is 6.88. The Morgan fingerprint density at radius 3 is 2.43 bits per heavy atom. The minimum Gasteiger partial charge on any atom is -0.462 e. The molecule has 1 aromatic carbocycles. The highest BCUT2D eigenvalue weighted by atomic mass is 35.5. The topological polar surface area (TPSA) is 70.7 Å². The number of rotatable bonds is 7. The maximum absolute atomic E-state index is 12.8. The molecule has 0 fully saturated rings. The highest BCUT2D eigenvalue weighted by Gasteiger charge is 2.33. The quantitative estimate of drug-likeness (QED) is 0.367. The number of nitrogens with zero attached hydrogens (tertiary/aromatic N) is 1. The Morgan fingerprint density at radius 2 is 1.90 bits per heavy atom. The zero-order valence-corrected chi connectivity index (χ0v) is 19.9. The Morgan fingerprint density at radius 1 is 1.30 bits per heavy atom. The molecule has 0 aromatic heterocycles. The Hall–Kier alpha value is -2.12. The first-order chi connectivity index (χ1) is 14.0. The van der Waals surface area contributed by atoms with E-state index in [1.54, 1.807) is 30.9 Å². The number of carbonyl (C=O) groups is 2. The van der Waals surface area contributed by atoms with Gasteiger partial charge < -0.3 is 20.3 Å². The van der Waals surface area contributed by atoms with Gasteiger partial charge in [-0.3, -0.25) is 4.79 Å². The molecule has 0 radical (unpaired) electrons. The number of ether oxygens (including phenoxy) is 1. The summed E-state index contributed by atoms with van der Waals surface area (Å²) in [5, 5.41) is 6.62. The summed E-state index contributed by atoms with van der Waals surface area (Å²) in [5.74, 6) is -0.0598. The molecule has 6 nitrogen and oxygen atoms in total. The molecule has 2 N–H and O–H groups in total. The van der Waals surface area contributed by atoms with Crippen LogP contribution in [0.2, 0.25) is 0 Å². The fourth-order valence-electron chi connectivity index (χ4n) is 2.79. The van der Waals surface area contributed by atoms with Crippen LogP contribution < -0.4 is 10.6 Å². The van der Waals surface area contributed by atoms with Crippen molar-refractivity contribution in [1.82, 2.24) is 10.2 Å². The van der Waals surface area contributed by atoms with Crippen molar-refractivity contribution in [1.29, 1.82) is 0 Å². The molecule has 1 amide bonds. The number of hydrogen-bond donors (Lipinski definition) is 2. The normalized spacial score (nSPS) is 17.1. The summed E-state index contributed by atoms with van der Waals surface area (Å²) in [6.07, 6.45) is 0. The van der Waals surface area contributed by atoms with Crippen molar-refractivity contribution in [3.63, 3.8) is 0 Å². The van der Waals surface area contributed by atoms with Crippen LogP contribution in [0.25, 0.3) is 0 Å². The van der Waals surface area contributed by atoms with Crippen LogP contribution in [0.5, 0.6) is 0 Å². The third-order valence-corrected chi connectivity index (χ3v) is 6.03. The molecule has 164 valence electrons. The van der Waals surface area contributed by atoms with Crippen molar-refractivity contribution in [3.8, 4) is 0 Å². The Labute approximate surface area is 189 Å². The van der Waals surface area contributed by atoms with E-state index in [2.05, 4.69) is 10.6 Å². The lowest BCUT2D eigenvalue weighted by Gasteiger charge is -2.35. The minimum atomic E-state index is -0.672. The fourth-order valence-corrected chi connectivity index (χ4v) is 3.17. The number of hydrogen-bond acceptors (Lipinski definition) is 4. The molecular weight excluding hydrogens is 422 g/mol. The summed E-state index contributed by atoms with van der Waals surface area (Å²) in [5.41, 5.74) is 2.10. The van der Waals surface area contributed by atoms with Crippen LogP contribution in [-0.4, -0.2) is 41.4 Å². The molecule has 2 rings (SSSR count). The van der Waals surface area contributed by atoms with Gasteiger partial charge in [-0.05, 0) is 56.6 Å². The van der Waals surface area contributed by atoms with Gasteiger partial charge in [-0.1, -0.05) is 26.0 Å². The van der Waals surface area contributed by atoms with Gasteiger partial charge in [-0.2, -0.15) is 0 Å². The summed E-state index contributed by atoms with van der Waals surface area (Å²) in [6.45, 7) is 9.76. The first-order valence-corrected chi connectivity index (χ1v) is 10.8. The highest BCUT2D eigenvalue weighted by Crippen LogP contribution is 2.31. The van der Waals surface area contributed by atoms with Crippen molar-refractivity contribution in [2.75, 3.05) is 24.9 Å². The number of anilines is 1. The van der Waals surface area contributed by atoms with E-state index >= 15 is 0 Å². The van der Waals surface area contributed by atoms with E-state index in [9.17, 15) is 9.59 Å². The number of allylic oxidation sites excluding steroid dienone is 1. The van der Waals surface area contributed by atoms with Gasteiger partial charge in [0.15, 0.2) is 5.11 Å². The number of esters is 1. The molecule has 0 saturated carbocycles. The molecular formula is C22H30ClN3O3S. The molecule has 0 aliphatic carbocycles. The van der Waals surface area contributed by atoms with Gasteiger partial charge in [0.2, 0.25) is 5.91 Å². The van der Waals surface area contributed by atoms with E-state index in [0.717, 1.165) is 11.3 Å². The zero-order valence-electron chi connectivity index (χ0n) is 18.3. The first-order valence-electron chi connectivity index (χ1n) is 9.87. The molecule has 1 unspecified atom stereocenters. The maximum Gasteiger partial charge on any atom is 0.338 e. The SMILES string of the molecule is CC1=C(C(=O)OCC(C)C)C(c2ccc(NC(=O)C(C)(C)CCl)cc2)NC(=S)N1C. The predicted molar refractivity (Wildman–Crippen MR) is 124 cm³/mol. The lowest BCUT2D eigenvalue weighted by atomic mass is 9.94. The number of nitrogens with one attached hydrogen (secondary N) is 2. The molecule has 0 spiro atoms. The number of halogens is 1.